The molecule has 1 aromatic carbocycles. The smallest absolute Gasteiger partial charge is 0.137 e. The molecular weight excluding hydrogens is 212 g/mol. The van der Waals surface area contributed by atoms with Crippen LogP contribution >= 0.6 is 0 Å². The number of benzene rings is 1. The van der Waals surface area contributed by atoms with Crippen LogP contribution < -0.4 is 5.73 Å². The molecule has 2 N–H and O–H groups in total. The van der Waals surface area contributed by atoms with Crippen molar-refractivity contribution >= 4 is 0 Å². The van der Waals surface area contributed by atoms with E-state index in [1.165, 1.54) is 11.1 Å². The van der Waals surface area contributed by atoms with E-state index in [1.807, 2.05) is 32.0 Å². The van der Waals surface area contributed by atoms with Crippen LogP contribution in [-0.2, 0) is 6.42 Å². The van der Waals surface area contributed by atoms with Crippen LogP contribution in [0.5, 0.6) is 0 Å². The van der Waals surface area contributed by atoms with E-state index in [9.17, 15) is 0 Å². The lowest BCUT2D eigenvalue weighted by Gasteiger charge is -2.14. The summed E-state index contributed by atoms with van der Waals surface area (Å²) in [5.41, 5.74) is 9.30. The summed E-state index contributed by atoms with van der Waals surface area (Å²) >= 11 is 0. The number of nitrogens with zero attached hydrogens (tertiary/aromatic N) is 1. The Labute approximate surface area is 102 Å². The zero-order valence-corrected chi connectivity index (χ0v) is 10.3. The van der Waals surface area contributed by atoms with Crippen molar-refractivity contribution in [2.45, 2.75) is 26.2 Å². The average molecular weight is 230 g/mol. The van der Waals surface area contributed by atoms with E-state index in [0.29, 0.717) is 12.5 Å². The van der Waals surface area contributed by atoms with Crippen molar-refractivity contribution in [2.75, 3.05) is 6.54 Å². The van der Waals surface area contributed by atoms with Crippen molar-refractivity contribution in [3.8, 4) is 0 Å². The van der Waals surface area contributed by atoms with Gasteiger partial charge in [-0.1, -0.05) is 35.5 Å². The van der Waals surface area contributed by atoms with Crippen LogP contribution in [0, 0.1) is 13.8 Å². The van der Waals surface area contributed by atoms with Crippen molar-refractivity contribution in [2.24, 2.45) is 5.73 Å². The molecule has 0 fully saturated rings. The molecule has 3 nitrogen and oxygen atoms in total. The summed E-state index contributed by atoms with van der Waals surface area (Å²) in [5, 5.41) is 3.98. The van der Waals surface area contributed by atoms with Gasteiger partial charge in [0.1, 0.15) is 5.76 Å². The first kappa shape index (κ1) is 11.9. The lowest BCUT2D eigenvalue weighted by atomic mass is 9.91. The van der Waals surface area contributed by atoms with Crippen LogP contribution in [0.3, 0.4) is 0 Å². The normalized spacial score (nSPS) is 12.6. The summed E-state index contributed by atoms with van der Waals surface area (Å²) in [5.74, 6) is 1.23. The molecule has 3 heteroatoms. The van der Waals surface area contributed by atoms with Gasteiger partial charge in [-0.2, -0.15) is 0 Å². The predicted molar refractivity (Wildman–Crippen MR) is 67.9 cm³/mol. The van der Waals surface area contributed by atoms with Crippen LogP contribution in [0.2, 0.25) is 0 Å². The lowest BCUT2D eigenvalue weighted by Crippen LogP contribution is -2.15. The Morgan fingerprint density at radius 3 is 2.47 bits per heavy atom. The Balaban J connectivity index is 2.22. The third kappa shape index (κ3) is 2.56. The second kappa shape index (κ2) is 5.15. The predicted octanol–water partition coefficient (Wildman–Crippen LogP) is 2.58. The fourth-order valence-corrected chi connectivity index (χ4v) is 2.10. The van der Waals surface area contributed by atoms with Crippen molar-refractivity contribution in [1.29, 1.82) is 0 Å². The van der Waals surface area contributed by atoms with Crippen molar-refractivity contribution < 1.29 is 4.52 Å². The third-order valence-corrected chi connectivity index (χ3v) is 3.19. The molecule has 1 unspecified atom stereocenters. The summed E-state index contributed by atoms with van der Waals surface area (Å²) in [6.07, 6.45) is 0.891. The maximum absolute atomic E-state index is 5.87. The number of aromatic nitrogens is 1. The number of rotatable bonds is 4. The van der Waals surface area contributed by atoms with Gasteiger partial charge in [0, 0.05) is 11.5 Å². The highest BCUT2D eigenvalue weighted by Crippen LogP contribution is 2.23. The van der Waals surface area contributed by atoms with Crippen LogP contribution in [-0.4, -0.2) is 11.7 Å². The molecule has 0 spiro atoms. The van der Waals surface area contributed by atoms with Crippen LogP contribution in [0.15, 0.2) is 34.9 Å². The molecule has 0 bridgehead atoms. The summed E-state index contributed by atoms with van der Waals surface area (Å²) in [6, 6.07) is 10.4. The fourth-order valence-electron chi connectivity index (χ4n) is 2.10. The number of hydrogen-bond donors (Lipinski definition) is 1. The van der Waals surface area contributed by atoms with Gasteiger partial charge in [-0.25, -0.2) is 0 Å². The average Bonchev–Trinajstić information content (AvgIpc) is 2.68. The first-order valence-corrected chi connectivity index (χ1v) is 5.89. The highest BCUT2D eigenvalue weighted by Gasteiger charge is 2.16. The molecule has 90 valence electrons. The minimum absolute atomic E-state index is 0.327. The molecule has 0 saturated heterocycles. The molecule has 0 aliphatic carbocycles. The Morgan fingerprint density at radius 1 is 1.24 bits per heavy atom. The minimum Gasteiger partial charge on any atom is -0.361 e. The van der Waals surface area contributed by atoms with Gasteiger partial charge >= 0.3 is 0 Å². The summed E-state index contributed by atoms with van der Waals surface area (Å²) in [7, 11) is 0. The Kier molecular flexibility index (Phi) is 3.59. The van der Waals surface area contributed by atoms with E-state index < -0.39 is 0 Å². The molecule has 1 heterocycles. The maximum Gasteiger partial charge on any atom is 0.137 e. The topological polar surface area (TPSA) is 52.0 Å². The van der Waals surface area contributed by atoms with Gasteiger partial charge in [0.25, 0.3) is 0 Å². The number of hydrogen-bond acceptors (Lipinski definition) is 3. The molecule has 0 radical (unpaired) electrons. The molecule has 2 rings (SSSR count). The zero-order chi connectivity index (χ0) is 12.3. The van der Waals surface area contributed by atoms with E-state index in [2.05, 4.69) is 17.3 Å². The quantitative estimate of drug-likeness (QED) is 0.878. The van der Waals surface area contributed by atoms with E-state index in [0.717, 1.165) is 17.9 Å². The first-order chi connectivity index (χ1) is 8.22. The van der Waals surface area contributed by atoms with Gasteiger partial charge in [0.05, 0.1) is 5.69 Å². The summed E-state index contributed by atoms with van der Waals surface area (Å²) < 4.78 is 5.19. The fraction of sp³-hybridized carbons (Fsp3) is 0.357. The van der Waals surface area contributed by atoms with Gasteiger partial charge < -0.3 is 10.3 Å². The van der Waals surface area contributed by atoms with E-state index in [-0.39, 0.29) is 0 Å². The second-order valence-corrected chi connectivity index (χ2v) is 4.35. The summed E-state index contributed by atoms with van der Waals surface area (Å²) in [6.45, 7) is 4.56. The van der Waals surface area contributed by atoms with Crippen LogP contribution in [0.4, 0.5) is 0 Å². The van der Waals surface area contributed by atoms with Crippen molar-refractivity contribution in [3.05, 3.63) is 52.9 Å². The van der Waals surface area contributed by atoms with E-state index in [4.69, 9.17) is 10.3 Å². The molecule has 1 aromatic heterocycles. The van der Waals surface area contributed by atoms with Gasteiger partial charge in [-0.3, -0.25) is 0 Å². The van der Waals surface area contributed by atoms with Crippen molar-refractivity contribution in [1.82, 2.24) is 5.16 Å². The van der Waals surface area contributed by atoms with Gasteiger partial charge in [0.15, 0.2) is 0 Å². The highest BCUT2D eigenvalue weighted by molar-refractivity contribution is 5.27. The Hall–Kier alpha value is -1.61. The van der Waals surface area contributed by atoms with Crippen molar-refractivity contribution in [3.63, 3.8) is 0 Å². The standard InChI is InChI=1S/C14H18N2O/c1-10-14(11(2)17-16-10)8-13(9-15)12-6-4-3-5-7-12/h3-7,13H,8-9,15H2,1-2H3. The Bertz CT molecular complexity index is 457. The molecule has 0 aliphatic rings. The monoisotopic (exact) mass is 230 g/mol. The van der Waals surface area contributed by atoms with Crippen LogP contribution in [0.1, 0.15) is 28.5 Å². The van der Waals surface area contributed by atoms with E-state index in [1.54, 1.807) is 0 Å². The number of aryl methyl sites for hydroxylation is 2. The molecule has 0 aliphatic heterocycles. The molecule has 0 amide bonds. The SMILES string of the molecule is Cc1noc(C)c1CC(CN)c1ccccc1. The van der Waals surface area contributed by atoms with E-state index >= 15 is 0 Å². The zero-order valence-electron chi connectivity index (χ0n) is 10.3. The second-order valence-electron chi connectivity index (χ2n) is 4.35. The van der Waals surface area contributed by atoms with Gasteiger partial charge in [0.2, 0.25) is 0 Å². The third-order valence-electron chi connectivity index (χ3n) is 3.19. The van der Waals surface area contributed by atoms with Crippen LogP contribution in [0.25, 0.3) is 0 Å². The maximum atomic E-state index is 5.87. The molecule has 2 aromatic rings. The molecule has 17 heavy (non-hydrogen) atoms. The largest absolute Gasteiger partial charge is 0.361 e. The minimum atomic E-state index is 0.327. The summed E-state index contributed by atoms with van der Waals surface area (Å²) in [4.78, 5) is 0. The van der Waals surface area contributed by atoms with Gasteiger partial charge in [-0.15, -0.1) is 0 Å². The Morgan fingerprint density at radius 2 is 1.94 bits per heavy atom. The molecule has 1 atom stereocenters. The number of nitrogens with two attached hydrogens (primary N) is 1. The van der Waals surface area contributed by atoms with Gasteiger partial charge in [-0.05, 0) is 32.4 Å². The molecule has 0 saturated carbocycles. The first-order valence-electron chi connectivity index (χ1n) is 5.89. The molecular formula is C14H18N2O. The lowest BCUT2D eigenvalue weighted by molar-refractivity contribution is 0.392. The highest BCUT2D eigenvalue weighted by atomic mass is 16.5.